The van der Waals surface area contributed by atoms with Crippen LogP contribution in [0, 0.1) is 5.92 Å². The number of aliphatic carboxylic acids is 1. The first-order chi connectivity index (χ1) is 8.99. The minimum absolute atomic E-state index is 0.285. The van der Waals surface area contributed by atoms with Gasteiger partial charge in [0.05, 0.1) is 5.92 Å². The van der Waals surface area contributed by atoms with Crippen LogP contribution in [0.15, 0.2) is 24.3 Å². The molecule has 0 saturated heterocycles. The first kappa shape index (κ1) is 15.7. The van der Waals surface area contributed by atoms with E-state index in [-0.39, 0.29) is 12.0 Å². The standard InChI is InChI=1S/C16H25NO2/c1-5-13-7-9-14(10-8-13)15(6-2)17(4)11-12(3)16(18)19/h7-10,12,15H,5-6,11H2,1-4H3,(H,18,19). The molecule has 1 aromatic carbocycles. The predicted molar refractivity (Wildman–Crippen MR) is 78.3 cm³/mol. The second-order valence-corrected chi connectivity index (χ2v) is 5.20. The van der Waals surface area contributed by atoms with Gasteiger partial charge in [-0.1, -0.05) is 45.0 Å². The van der Waals surface area contributed by atoms with E-state index in [9.17, 15) is 4.79 Å². The van der Waals surface area contributed by atoms with Crippen molar-refractivity contribution in [2.75, 3.05) is 13.6 Å². The monoisotopic (exact) mass is 263 g/mol. The summed E-state index contributed by atoms with van der Waals surface area (Å²) in [6, 6.07) is 8.93. The van der Waals surface area contributed by atoms with Crippen molar-refractivity contribution in [2.24, 2.45) is 5.92 Å². The number of hydrogen-bond acceptors (Lipinski definition) is 2. The van der Waals surface area contributed by atoms with E-state index < -0.39 is 5.97 Å². The maximum Gasteiger partial charge on any atom is 0.307 e. The second kappa shape index (κ2) is 7.29. The maximum atomic E-state index is 10.9. The molecule has 1 aromatic rings. The highest BCUT2D eigenvalue weighted by Gasteiger charge is 2.20. The van der Waals surface area contributed by atoms with Gasteiger partial charge in [0, 0.05) is 12.6 Å². The molecule has 2 atom stereocenters. The topological polar surface area (TPSA) is 40.5 Å². The Hall–Kier alpha value is -1.35. The van der Waals surface area contributed by atoms with Gasteiger partial charge in [-0.2, -0.15) is 0 Å². The average molecular weight is 263 g/mol. The smallest absolute Gasteiger partial charge is 0.307 e. The van der Waals surface area contributed by atoms with Gasteiger partial charge in [0.15, 0.2) is 0 Å². The fourth-order valence-corrected chi connectivity index (χ4v) is 2.41. The fourth-order valence-electron chi connectivity index (χ4n) is 2.41. The van der Waals surface area contributed by atoms with E-state index >= 15 is 0 Å². The molecule has 0 amide bonds. The Morgan fingerprint density at radius 2 is 1.84 bits per heavy atom. The largest absolute Gasteiger partial charge is 0.481 e. The number of carboxylic acid groups (broad SMARTS) is 1. The highest BCUT2D eigenvalue weighted by Crippen LogP contribution is 2.24. The Kier molecular flexibility index (Phi) is 6.03. The summed E-state index contributed by atoms with van der Waals surface area (Å²) >= 11 is 0. The minimum atomic E-state index is -0.733. The van der Waals surface area contributed by atoms with Crippen LogP contribution in [-0.2, 0) is 11.2 Å². The van der Waals surface area contributed by atoms with E-state index in [1.54, 1.807) is 6.92 Å². The summed E-state index contributed by atoms with van der Waals surface area (Å²) < 4.78 is 0. The van der Waals surface area contributed by atoms with Crippen LogP contribution in [0.1, 0.15) is 44.4 Å². The third kappa shape index (κ3) is 4.35. The molecule has 3 nitrogen and oxygen atoms in total. The zero-order valence-electron chi connectivity index (χ0n) is 12.4. The van der Waals surface area contributed by atoms with Gasteiger partial charge >= 0.3 is 5.97 Å². The van der Waals surface area contributed by atoms with Crippen LogP contribution < -0.4 is 0 Å². The van der Waals surface area contributed by atoms with Crippen LogP contribution in [0.2, 0.25) is 0 Å². The third-order valence-corrected chi connectivity index (χ3v) is 3.67. The molecule has 0 radical (unpaired) electrons. The fraction of sp³-hybridized carbons (Fsp3) is 0.562. The van der Waals surface area contributed by atoms with Crippen molar-refractivity contribution >= 4 is 5.97 Å². The van der Waals surface area contributed by atoms with Crippen molar-refractivity contribution in [1.82, 2.24) is 4.90 Å². The van der Waals surface area contributed by atoms with E-state index in [0.717, 1.165) is 12.8 Å². The predicted octanol–water partition coefficient (Wildman–Crippen LogP) is 3.35. The summed E-state index contributed by atoms with van der Waals surface area (Å²) in [4.78, 5) is 13.1. The number of nitrogens with zero attached hydrogens (tertiary/aromatic N) is 1. The zero-order valence-corrected chi connectivity index (χ0v) is 12.4. The highest BCUT2D eigenvalue weighted by molar-refractivity contribution is 5.69. The van der Waals surface area contributed by atoms with Gasteiger partial charge in [-0.05, 0) is 31.0 Å². The van der Waals surface area contributed by atoms with E-state index in [2.05, 4.69) is 43.0 Å². The summed E-state index contributed by atoms with van der Waals surface area (Å²) in [5, 5.41) is 9.00. The number of hydrogen-bond donors (Lipinski definition) is 1. The second-order valence-electron chi connectivity index (χ2n) is 5.20. The number of carbonyl (C=O) groups is 1. The van der Waals surface area contributed by atoms with Gasteiger partial charge in [0.1, 0.15) is 0 Å². The number of aryl methyl sites for hydroxylation is 1. The van der Waals surface area contributed by atoms with Crippen molar-refractivity contribution < 1.29 is 9.90 Å². The van der Waals surface area contributed by atoms with Crippen molar-refractivity contribution in [2.45, 2.75) is 39.7 Å². The van der Waals surface area contributed by atoms with E-state index in [1.165, 1.54) is 11.1 Å². The average Bonchev–Trinajstić information content (AvgIpc) is 2.40. The Labute approximate surface area is 116 Å². The normalized spacial score (nSPS) is 14.4. The lowest BCUT2D eigenvalue weighted by molar-refractivity contribution is -0.141. The lowest BCUT2D eigenvalue weighted by Crippen LogP contribution is -2.31. The molecule has 3 heteroatoms. The van der Waals surface area contributed by atoms with Gasteiger partial charge in [-0.15, -0.1) is 0 Å². The van der Waals surface area contributed by atoms with Crippen LogP contribution in [-0.4, -0.2) is 29.6 Å². The SMILES string of the molecule is CCc1ccc(C(CC)N(C)CC(C)C(=O)O)cc1. The van der Waals surface area contributed by atoms with Crippen molar-refractivity contribution in [1.29, 1.82) is 0 Å². The van der Waals surface area contributed by atoms with E-state index in [0.29, 0.717) is 6.54 Å². The molecule has 0 aliphatic heterocycles. The zero-order chi connectivity index (χ0) is 14.4. The molecule has 19 heavy (non-hydrogen) atoms. The molecule has 2 unspecified atom stereocenters. The lowest BCUT2D eigenvalue weighted by Gasteiger charge is -2.29. The van der Waals surface area contributed by atoms with Crippen LogP contribution in [0.3, 0.4) is 0 Å². The molecular formula is C16H25NO2. The van der Waals surface area contributed by atoms with E-state index in [4.69, 9.17) is 5.11 Å². The van der Waals surface area contributed by atoms with Crippen LogP contribution >= 0.6 is 0 Å². The Morgan fingerprint density at radius 3 is 2.26 bits per heavy atom. The van der Waals surface area contributed by atoms with Crippen LogP contribution in [0.4, 0.5) is 0 Å². The summed E-state index contributed by atoms with van der Waals surface area (Å²) in [6.45, 7) is 6.61. The molecule has 0 heterocycles. The molecule has 0 aromatic heterocycles. The molecular weight excluding hydrogens is 238 g/mol. The highest BCUT2D eigenvalue weighted by atomic mass is 16.4. The van der Waals surface area contributed by atoms with Gasteiger partial charge in [-0.25, -0.2) is 0 Å². The number of benzene rings is 1. The van der Waals surface area contributed by atoms with Gasteiger partial charge in [0.2, 0.25) is 0 Å². The molecule has 0 fully saturated rings. The van der Waals surface area contributed by atoms with Gasteiger partial charge in [0.25, 0.3) is 0 Å². The number of carboxylic acids is 1. The minimum Gasteiger partial charge on any atom is -0.481 e. The summed E-state index contributed by atoms with van der Waals surface area (Å²) in [7, 11) is 2.00. The molecule has 0 aliphatic rings. The van der Waals surface area contributed by atoms with Crippen molar-refractivity contribution in [3.8, 4) is 0 Å². The summed E-state index contributed by atoms with van der Waals surface area (Å²) in [5.41, 5.74) is 2.60. The van der Waals surface area contributed by atoms with Crippen LogP contribution in [0.5, 0.6) is 0 Å². The third-order valence-electron chi connectivity index (χ3n) is 3.67. The summed E-state index contributed by atoms with van der Waals surface area (Å²) in [6.07, 6.45) is 2.03. The Balaban J connectivity index is 2.77. The number of rotatable bonds is 7. The Bertz CT molecular complexity index is 400. The van der Waals surface area contributed by atoms with E-state index in [1.807, 2.05) is 7.05 Å². The molecule has 0 spiro atoms. The molecule has 106 valence electrons. The molecule has 1 rings (SSSR count). The quantitative estimate of drug-likeness (QED) is 0.820. The van der Waals surface area contributed by atoms with Gasteiger partial charge in [-0.3, -0.25) is 9.69 Å². The van der Waals surface area contributed by atoms with Crippen molar-refractivity contribution in [3.05, 3.63) is 35.4 Å². The molecule has 0 aliphatic carbocycles. The molecule has 0 saturated carbocycles. The molecule has 0 bridgehead atoms. The Morgan fingerprint density at radius 1 is 1.26 bits per heavy atom. The summed E-state index contributed by atoms with van der Waals surface area (Å²) in [5.74, 6) is -1.07. The first-order valence-electron chi connectivity index (χ1n) is 7.01. The van der Waals surface area contributed by atoms with Gasteiger partial charge < -0.3 is 5.11 Å². The molecule has 1 N–H and O–H groups in total. The van der Waals surface area contributed by atoms with Crippen LogP contribution in [0.25, 0.3) is 0 Å². The maximum absolute atomic E-state index is 10.9. The lowest BCUT2D eigenvalue weighted by atomic mass is 10.00. The van der Waals surface area contributed by atoms with Crippen molar-refractivity contribution in [3.63, 3.8) is 0 Å². The first-order valence-corrected chi connectivity index (χ1v) is 7.01.